The summed E-state index contributed by atoms with van der Waals surface area (Å²) in [6.07, 6.45) is 3.33. The second-order valence-corrected chi connectivity index (χ2v) is 5.48. The first kappa shape index (κ1) is 15.4. The normalized spacial score (nSPS) is 19.1. The molecule has 2 rings (SSSR count). The molecule has 0 bridgehead atoms. The Morgan fingerprint density at radius 1 is 1.20 bits per heavy atom. The largest absolute Gasteiger partial charge is 0.323 e. The van der Waals surface area contributed by atoms with E-state index in [4.69, 9.17) is 5.73 Å². The lowest BCUT2D eigenvalue weighted by Gasteiger charge is -2.34. The van der Waals surface area contributed by atoms with Crippen LogP contribution in [0.15, 0.2) is 18.3 Å². The van der Waals surface area contributed by atoms with Crippen molar-refractivity contribution in [1.82, 2.24) is 14.8 Å². The molecule has 4 nitrogen and oxygen atoms in total. The molecule has 1 saturated heterocycles. The van der Waals surface area contributed by atoms with Crippen molar-refractivity contribution in [3.05, 3.63) is 29.8 Å². The summed E-state index contributed by atoms with van der Waals surface area (Å²) < 4.78 is 12.8. The lowest BCUT2D eigenvalue weighted by Crippen LogP contribution is -2.47. The second kappa shape index (κ2) is 7.67. The lowest BCUT2D eigenvalue weighted by atomic mass is 10.1. The molecule has 0 spiro atoms. The molecule has 20 heavy (non-hydrogen) atoms. The van der Waals surface area contributed by atoms with E-state index in [0.717, 1.165) is 44.8 Å². The predicted molar refractivity (Wildman–Crippen MR) is 78.9 cm³/mol. The zero-order chi connectivity index (χ0) is 14.4. The first-order chi connectivity index (χ1) is 9.69. The van der Waals surface area contributed by atoms with E-state index in [9.17, 15) is 4.39 Å². The smallest absolute Gasteiger partial charge is 0.141 e. The van der Waals surface area contributed by atoms with Crippen LogP contribution < -0.4 is 5.73 Å². The van der Waals surface area contributed by atoms with Crippen molar-refractivity contribution in [3.8, 4) is 0 Å². The van der Waals surface area contributed by atoms with E-state index in [-0.39, 0.29) is 11.9 Å². The molecule has 1 atom stereocenters. The quantitative estimate of drug-likeness (QED) is 0.860. The van der Waals surface area contributed by atoms with Crippen LogP contribution in [0, 0.1) is 5.82 Å². The third-order valence-electron chi connectivity index (χ3n) is 3.89. The average molecular weight is 280 g/mol. The molecule has 1 aliphatic heterocycles. The van der Waals surface area contributed by atoms with Crippen LogP contribution in [0.2, 0.25) is 0 Å². The van der Waals surface area contributed by atoms with Gasteiger partial charge in [0.25, 0.3) is 0 Å². The van der Waals surface area contributed by atoms with E-state index in [1.165, 1.54) is 25.2 Å². The summed E-state index contributed by atoms with van der Waals surface area (Å²) in [7, 11) is 0. The lowest BCUT2D eigenvalue weighted by molar-refractivity contribution is 0.129. The van der Waals surface area contributed by atoms with Crippen molar-refractivity contribution in [3.63, 3.8) is 0 Å². The van der Waals surface area contributed by atoms with Gasteiger partial charge in [-0.2, -0.15) is 0 Å². The van der Waals surface area contributed by atoms with Gasteiger partial charge in [-0.25, -0.2) is 4.39 Å². The van der Waals surface area contributed by atoms with E-state index in [1.807, 2.05) is 0 Å². The molecule has 2 N–H and O–H groups in total. The molecule has 2 heterocycles. The second-order valence-electron chi connectivity index (χ2n) is 5.48. The number of halogens is 1. The first-order valence-electron chi connectivity index (χ1n) is 7.50. The number of pyridine rings is 1. The Morgan fingerprint density at radius 3 is 2.40 bits per heavy atom. The molecule has 0 radical (unpaired) electrons. The summed E-state index contributed by atoms with van der Waals surface area (Å²) in [6.45, 7) is 8.94. The number of rotatable bonds is 6. The molecule has 5 heteroatoms. The molecular weight excluding hydrogens is 255 g/mol. The number of nitrogens with zero attached hydrogens (tertiary/aromatic N) is 3. The summed E-state index contributed by atoms with van der Waals surface area (Å²) in [5.74, 6) is -0.312. The standard InChI is InChI=1S/C15H25FN4/c1-2-6-19-8-10-20(11-9-19)7-5-14(17)15-4-3-13(16)12-18-15/h3-4,12,14H,2,5-11,17H2,1H3. The number of piperazine rings is 1. The minimum atomic E-state index is -0.312. The maximum atomic E-state index is 12.8. The van der Waals surface area contributed by atoms with Crippen molar-refractivity contribution in [2.24, 2.45) is 5.73 Å². The molecule has 1 aliphatic rings. The van der Waals surface area contributed by atoms with E-state index >= 15 is 0 Å². The van der Waals surface area contributed by atoms with Gasteiger partial charge in [0, 0.05) is 38.8 Å². The van der Waals surface area contributed by atoms with Gasteiger partial charge < -0.3 is 15.5 Å². The van der Waals surface area contributed by atoms with Gasteiger partial charge in [-0.15, -0.1) is 0 Å². The van der Waals surface area contributed by atoms with Crippen LogP contribution in [-0.4, -0.2) is 54.1 Å². The summed E-state index contributed by atoms with van der Waals surface area (Å²) in [4.78, 5) is 9.02. The Kier molecular flexibility index (Phi) is 5.88. The molecule has 0 saturated carbocycles. The van der Waals surface area contributed by atoms with Crippen molar-refractivity contribution >= 4 is 0 Å². The highest BCUT2D eigenvalue weighted by molar-refractivity contribution is 5.09. The summed E-state index contributed by atoms with van der Waals surface area (Å²) in [6, 6.07) is 2.99. The summed E-state index contributed by atoms with van der Waals surface area (Å²) in [5.41, 5.74) is 6.89. The van der Waals surface area contributed by atoms with Gasteiger partial charge in [0.2, 0.25) is 0 Å². The van der Waals surface area contributed by atoms with Gasteiger partial charge in [-0.1, -0.05) is 6.92 Å². The number of hydrogen-bond acceptors (Lipinski definition) is 4. The fourth-order valence-corrected chi connectivity index (χ4v) is 2.63. The Balaban J connectivity index is 1.71. The van der Waals surface area contributed by atoms with Crippen LogP contribution in [0.1, 0.15) is 31.5 Å². The van der Waals surface area contributed by atoms with Crippen molar-refractivity contribution in [1.29, 1.82) is 0 Å². The molecule has 1 aromatic heterocycles. The minimum absolute atomic E-state index is 0.107. The van der Waals surface area contributed by atoms with Gasteiger partial charge in [-0.3, -0.25) is 4.98 Å². The van der Waals surface area contributed by atoms with Crippen LogP contribution in [0.3, 0.4) is 0 Å². The maximum absolute atomic E-state index is 12.8. The van der Waals surface area contributed by atoms with Crippen molar-refractivity contribution in [2.75, 3.05) is 39.3 Å². The molecule has 0 aromatic carbocycles. The molecule has 112 valence electrons. The predicted octanol–water partition coefficient (Wildman–Crippen LogP) is 1.64. The van der Waals surface area contributed by atoms with Gasteiger partial charge in [0.1, 0.15) is 5.82 Å². The van der Waals surface area contributed by atoms with E-state index in [1.54, 1.807) is 6.07 Å². The minimum Gasteiger partial charge on any atom is -0.323 e. The number of nitrogens with two attached hydrogens (primary N) is 1. The fraction of sp³-hybridized carbons (Fsp3) is 0.667. The summed E-state index contributed by atoms with van der Waals surface area (Å²) >= 11 is 0. The monoisotopic (exact) mass is 280 g/mol. The number of aromatic nitrogens is 1. The van der Waals surface area contributed by atoms with Crippen LogP contribution in [-0.2, 0) is 0 Å². The zero-order valence-electron chi connectivity index (χ0n) is 12.3. The molecule has 1 aromatic rings. The zero-order valence-corrected chi connectivity index (χ0v) is 12.3. The fourth-order valence-electron chi connectivity index (χ4n) is 2.63. The highest BCUT2D eigenvalue weighted by Crippen LogP contribution is 2.13. The maximum Gasteiger partial charge on any atom is 0.141 e. The van der Waals surface area contributed by atoms with Crippen LogP contribution in [0.25, 0.3) is 0 Å². The topological polar surface area (TPSA) is 45.4 Å². The molecular formula is C15H25FN4. The number of hydrogen-bond donors (Lipinski definition) is 1. The summed E-state index contributed by atoms with van der Waals surface area (Å²) in [5, 5.41) is 0. The van der Waals surface area contributed by atoms with E-state index < -0.39 is 0 Å². The van der Waals surface area contributed by atoms with Gasteiger partial charge in [-0.05, 0) is 31.5 Å². The third-order valence-corrected chi connectivity index (χ3v) is 3.89. The SMILES string of the molecule is CCCN1CCN(CCC(N)c2ccc(F)cn2)CC1. The van der Waals surface area contributed by atoms with Crippen LogP contribution >= 0.6 is 0 Å². The van der Waals surface area contributed by atoms with Crippen molar-refractivity contribution < 1.29 is 4.39 Å². The molecule has 0 amide bonds. The Labute approximate surface area is 120 Å². The van der Waals surface area contributed by atoms with E-state index in [2.05, 4.69) is 21.7 Å². The molecule has 1 unspecified atom stereocenters. The van der Waals surface area contributed by atoms with Crippen LogP contribution in [0.5, 0.6) is 0 Å². The van der Waals surface area contributed by atoms with Gasteiger partial charge in [0.15, 0.2) is 0 Å². The first-order valence-corrected chi connectivity index (χ1v) is 7.50. The Bertz CT molecular complexity index is 387. The average Bonchev–Trinajstić information content (AvgIpc) is 2.47. The van der Waals surface area contributed by atoms with Crippen LogP contribution in [0.4, 0.5) is 4.39 Å². The Hall–Kier alpha value is -1.04. The third kappa shape index (κ3) is 4.51. The molecule has 1 fully saturated rings. The Morgan fingerprint density at radius 2 is 1.85 bits per heavy atom. The molecule has 0 aliphatic carbocycles. The van der Waals surface area contributed by atoms with Gasteiger partial charge in [0.05, 0.1) is 11.9 Å². The van der Waals surface area contributed by atoms with Crippen molar-refractivity contribution in [2.45, 2.75) is 25.8 Å². The van der Waals surface area contributed by atoms with Gasteiger partial charge >= 0.3 is 0 Å². The highest BCUT2D eigenvalue weighted by atomic mass is 19.1. The van der Waals surface area contributed by atoms with E-state index in [0.29, 0.717) is 0 Å². The highest BCUT2D eigenvalue weighted by Gasteiger charge is 2.17.